The number of hydrogen-bond donors (Lipinski definition) is 0. The first-order valence-corrected chi connectivity index (χ1v) is 22.2. The van der Waals surface area contributed by atoms with E-state index < -0.39 is 11.2 Å². The molecule has 3 fully saturated rings. The summed E-state index contributed by atoms with van der Waals surface area (Å²) in [6, 6.07) is 15.5. The molecule has 0 atom stereocenters. The summed E-state index contributed by atoms with van der Waals surface area (Å²) in [7, 11) is 0. The molecule has 3 saturated heterocycles. The highest BCUT2D eigenvalue weighted by Gasteiger charge is 2.50. The molecule has 0 spiro atoms. The molecule has 2 aromatic heterocycles. The Morgan fingerprint density at radius 2 is 1.10 bits per heavy atom. The van der Waals surface area contributed by atoms with E-state index in [0.29, 0.717) is 54.5 Å². The minimum absolute atomic E-state index is 0.193. The number of ether oxygens (including phenoxy) is 2. The van der Waals surface area contributed by atoms with E-state index in [1.54, 1.807) is 6.07 Å². The fraction of sp³-hybridized carbons (Fsp3) is 0.522. The van der Waals surface area contributed by atoms with Gasteiger partial charge in [0.05, 0.1) is 35.8 Å². The molecule has 62 heavy (non-hydrogen) atoms. The van der Waals surface area contributed by atoms with E-state index in [4.69, 9.17) is 54.0 Å². The van der Waals surface area contributed by atoms with Crippen molar-refractivity contribution in [2.45, 2.75) is 131 Å². The average Bonchev–Trinajstić information content (AvgIpc) is 3.38. The molecule has 3 aliphatic rings. The Labute approximate surface area is 381 Å². The molecule has 0 unspecified atom stereocenters. The highest BCUT2D eigenvalue weighted by Crippen LogP contribution is 2.40. The Bertz CT molecular complexity index is 2110. The van der Waals surface area contributed by atoms with Gasteiger partial charge in [0, 0.05) is 56.7 Å². The maximum Gasteiger partial charge on any atom is 0.223 e. The second-order valence-electron chi connectivity index (χ2n) is 17.3. The monoisotopic (exact) mass is 911 g/mol. The first-order valence-electron chi connectivity index (χ1n) is 21.0. The number of benzene rings is 2. The predicted octanol–water partition coefficient (Wildman–Crippen LogP) is 9.26. The van der Waals surface area contributed by atoms with Crippen LogP contribution in [0, 0.1) is 13.8 Å². The lowest BCUT2D eigenvalue weighted by Gasteiger charge is -2.40. The number of likely N-dealkylation sites (tertiary alicyclic amines) is 2. The summed E-state index contributed by atoms with van der Waals surface area (Å²) in [5.74, 6) is 0.390. The molecule has 0 aliphatic carbocycles. The summed E-state index contributed by atoms with van der Waals surface area (Å²) in [5.41, 5.74) is 6.46. The molecular formula is C46H60Cl3N7O6. The Hall–Kier alpha value is -3.95. The summed E-state index contributed by atoms with van der Waals surface area (Å²) < 4.78 is 11.4. The summed E-state index contributed by atoms with van der Waals surface area (Å²) in [5, 5.41) is 2.67. The Morgan fingerprint density at radius 3 is 1.50 bits per heavy atom. The van der Waals surface area contributed by atoms with Gasteiger partial charge in [-0.2, -0.15) is 0 Å². The number of anilines is 1. The topological polar surface area (TPSA) is 132 Å². The van der Waals surface area contributed by atoms with Crippen LogP contribution in [0.25, 0.3) is 11.3 Å². The maximum atomic E-state index is 12.4. The van der Waals surface area contributed by atoms with Crippen molar-refractivity contribution < 1.29 is 28.7 Å². The lowest BCUT2D eigenvalue weighted by Crippen LogP contribution is -2.55. The van der Waals surface area contributed by atoms with Crippen LogP contribution in [-0.2, 0) is 41.6 Å². The van der Waals surface area contributed by atoms with E-state index in [0.717, 1.165) is 40.9 Å². The highest BCUT2D eigenvalue weighted by molar-refractivity contribution is 6.33. The van der Waals surface area contributed by atoms with Gasteiger partial charge in [-0.25, -0.2) is 29.6 Å². The van der Waals surface area contributed by atoms with Crippen LogP contribution >= 0.6 is 34.8 Å². The zero-order valence-electron chi connectivity index (χ0n) is 37.5. The first-order chi connectivity index (χ1) is 29.2. The molecule has 336 valence electrons. The van der Waals surface area contributed by atoms with Crippen LogP contribution < -0.4 is 5.23 Å². The average molecular weight is 913 g/mol. The molecule has 2 aromatic carbocycles. The summed E-state index contributed by atoms with van der Waals surface area (Å²) in [6.07, 6.45) is 6.09. The van der Waals surface area contributed by atoms with Gasteiger partial charge >= 0.3 is 0 Å². The van der Waals surface area contributed by atoms with E-state index in [9.17, 15) is 9.59 Å². The zero-order chi connectivity index (χ0) is 45.4. The molecule has 13 nitrogen and oxygen atoms in total. The number of aryl methyl sites for hydroxylation is 4. The van der Waals surface area contributed by atoms with Crippen LogP contribution in [0.1, 0.15) is 90.5 Å². The number of halogens is 3. The van der Waals surface area contributed by atoms with Crippen LogP contribution in [0.2, 0.25) is 15.5 Å². The lowest BCUT2D eigenvalue weighted by atomic mass is 9.90. The molecule has 0 N–H and O–H groups in total. The third kappa shape index (κ3) is 13.8. The molecule has 0 bridgehead atoms. The molecule has 3 aliphatic heterocycles. The number of rotatable bonds is 12. The fourth-order valence-electron chi connectivity index (χ4n) is 6.80. The zero-order valence-corrected chi connectivity index (χ0v) is 39.7. The molecule has 5 heterocycles. The summed E-state index contributed by atoms with van der Waals surface area (Å²) >= 11 is 16.8. The molecular weight excluding hydrogens is 853 g/mol. The normalized spacial score (nSPS) is 16.9. The van der Waals surface area contributed by atoms with Crippen molar-refractivity contribution in [3.63, 3.8) is 0 Å². The minimum atomic E-state index is -0.416. The molecule has 0 saturated carbocycles. The van der Waals surface area contributed by atoms with Gasteiger partial charge in [-0.15, -0.1) is 5.23 Å². The van der Waals surface area contributed by atoms with E-state index in [2.05, 4.69) is 52.0 Å². The minimum Gasteiger partial charge on any atom is -0.372 e. The summed E-state index contributed by atoms with van der Waals surface area (Å²) in [6.45, 7) is 23.1. The largest absolute Gasteiger partial charge is 0.372 e. The molecule has 7 rings (SSSR count). The van der Waals surface area contributed by atoms with E-state index in [-0.39, 0.29) is 36.2 Å². The standard InChI is InChI=1S/C22H34N2O4.C20H24ClN3O2.C4H2Cl2N2/c1-15(2)26-19-13-23(14-19)20(25)11-9-17-8-10-18(12-16(17)3)24-27-21(4,5)22(6,7)28-24;1-13(2)26-17-10-24(11-17)20(25)7-6-15-4-5-16(8-14(15)3)18-9-19(21)23-12-22-18;5-3-1-4(6)8-2-7-3/h8,10,12,15,19H,9,11,13-14H2,1-7H3;4-5,8-9,12-13,17H,6-7,10-11H2,1-3H3;1-2H. The van der Waals surface area contributed by atoms with E-state index >= 15 is 0 Å². The molecule has 16 heteroatoms. The Balaban J connectivity index is 0.000000199. The first kappa shape index (κ1) is 49.1. The third-order valence-electron chi connectivity index (χ3n) is 11.0. The number of hydrogen-bond acceptors (Lipinski definition) is 11. The van der Waals surface area contributed by atoms with Crippen molar-refractivity contribution in [3.05, 3.63) is 98.9 Å². The van der Waals surface area contributed by atoms with Gasteiger partial charge in [0.2, 0.25) is 11.8 Å². The van der Waals surface area contributed by atoms with Gasteiger partial charge in [-0.3, -0.25) is 9.59 Å². The van der Waals surface area contributed by atoms with Crippen LogP contribution in [0.3, 0.4) is 0 Å². The second-order valence-corrected chi connectivity index (χ2v) is 18.5. The Kier molecular flexibility index (Phi) is 17.1. The van der Waals surface area contributed by atoms with Crippen LogP contribution in [0.5, 0.6) is 0 Å². The number of carbonyl (C=O) groups excluding carboxylic acids is 2. The maximum absolute atomic E-state index is 12.4. The van der Waals surface area contributed by atoms with Crippen molar-refractivity contribution in [1.82, 2.24) is 29.7 Å². The molecule has 4 aromatic rings. The quantitative estimate of drug-likeness (QED) is 0.126. The van der Waals surface area contributed by atoms with Crippen molar-refractivity contribution in [3.8, 4) is 11.3 Å². The third-order valence-corrected chi connectivity index (χ3v) is 11.6. The van der Waals surface area contributed by atoms with Gasteiger partial charge in [0.15, 0.2) is 0 Å². The van der Waals surface area contributed by atoms with E-state index in [1.165, 1.54) is 35.1 Å². The van der Waals surface area contributed by atoms with Crippen molar-refractivity contribution >= 4 is 52.3 Å². The number of aromatic nitrogens is 4. The number of nitrogens with zero attached hydrogens (tertiary/aromatic N) is 7. The van der Waals surface area contributed by atoms with Gasteiger partial charge in [0.25, 0.3) is 0 Å². The summed E-state index contributed by atoms with van der Waals surface area (Å²) in [4.78, 5) is 55.8. The number of carbonyl (C=O) groups is 2. The highest BCUT2D eigenvalue weighted by atomic mass is 35.5. The van der Waals surface area contributed by atoms with E-state index in [1.807, 2.05) is 83.4 Å². The predicted molar refractivity (Wildman–Crippen MR) is 243 cm³/mol. The molecule has 2 amide bonds. The van der Waals surface area contributed by atoms with Crippen LogP contribution in [0.15, 0.2) is 61.2 Å². The van der Waals surface area contributed by atoms with Gasteiger partial charge in [0.1, 0.15) is 39.3 Å². The van der Waals surface area contributed by atoms with Crippen LogP contribution in [0.4, 0.5) is 5.69 Å². The van der Waals surface area contributed by atoms with Gasteiger partial charge in [-0.05, 0) is 123 Å². The number of amides is 2. The van der Waals surface area contributed by atoms with Crippen molar-refractivity contribution in [1.29, 1.82) is 0 Å². The fourth-order valence-corrected chi connectivity index (χ4v) is 7.29. The Morgan fingerprint density at radius 1 is 0.661 bits per heavy atom. The lowest BCUT2D eigenvalue weighted by molar-refractivity contribution is -0.148. The smallest absolute Gasteiger partial charge is 0.223 e. The van der Waals surface area contributed by atoms with Crippen molar-refractivity contribution in [2.24, 2.45) is 0 Å². The van der Waals surface area contributed by atoms with Crippen LogP contribution in [-0.4, -0.2) is 103 Å². The van der Waals surface area contributed by atoms with Gasteiger partial charge in [-0.1, -0.05) is 53.0 Å². The van der Waals surface area contributed by atoms with Crippen molar-refractivity contribution in [2.75, 3.05) is 31.4 Å². The SMILES string of the molecule is Cc1cc(-c2cc(Cl)ncn2)ccc1CCC(=O)N1CC(OC(C)C)C1.Cc1cc(N2OC(C)(C)C(C)(C)O2)ccc1CCC(=O)N1CC(OC(C)C)C1.Clc1cc(Cl)ncn1. The second kappa shape index (κ2) is 21.6. The van der Waals surface area contributed by atoms with Gasteiger partial charge < -0.3 is 19.3 Å². The molecule has 0 radical (unpaired) electrons.